The van der Waals surface area contributed by atoms with Crippen molar-refractivity contribution >= 4 is 56.8 Å². The number of benzene rings is 2. The highest BCUT2D eigenvalue weighted by molar-refractivity contribution is 8.76. The number of fused-ring (bicyclic) bond motifs is 2. The van der Waals surface area contributed by atoms with E-state index in [0.717, 1.165) is 27.3 Å². The normalized spacial score (nSPS) is 13.5. The van der Waals surface area contributed by atoms with Crippen LogP contribution in [-0.4, -0.2) is 65.6 Å². The summed E-state index contributed by atoms with van der Waals surface area (Å²) in [5, 5.41) is 5.59. The highest BCUT2D eigenvalue weighted by Gasteiger charge is 2.23. The Morgan fingerprint density at radius 2 is 1.39 bits per heavy atom. The van der Waals surface area contributed by atoms with E-state index in [1.807, 2.05) is 48.5 Å². The second kappa shape index (κ2) is 15.1. The van der Waals surface area contributed by atoms with Crippen LogP contribution in [0.15, 0.2) is 60.7 Å². The summed E-state index contributed by atoms with van der Waals surface area (Å²) in [6.07, 6.45) is 2.94. The van der Waals surface area contributed by atoms with Gasteiger partial charge in [-0.2, -0.15) is 0 Å². The van der Waals surface area contributed by atoms with Gasteiger partial charge in [0, 0.05) is 73.7 Å². The number of carbonyl (C=O) groups is 5. The first kappa shape index (κ1) is 30.0. The van der Waals surface area contributed by atoms with Crippen LogP contribution >= 0.6 is 21.6 Å². The van der Waals surface area contributed by atoms with Crippen molar-refractivity contribution in [3.8, 4) is 11.8 Å². The van der Waals surface area contributed by atoms with Crippen LogP contribution in [0.3, 0.4) is 0 Å². The molecular formula is C30H30N4O5S2. The molecule has 0 atom stereocenters. The monoisotopic (exact) mass is 590 g/mol. The maximum absolute atomic E-state index is 13.2. The van der Waals surface area contributed by atoms with Gasteiger partial charge >= 0.3 is 0 Å². The molecular weight excluding hydrogens is 560 g/mol. The third-order valence-corrected chi connectivity index (χ3v) is 8.71. The van der Waals surface area contributed by atoms with Crippen LogP contribution in [0.1, 0.15) is 36.0 Å². The lowest BCUT2D eigenvalue weighted by molar-refractivity contribution is -0.137. The molecule has 2 aromatic rings. The van der Waals surface area contributed by atoms with E-state index in [0.29, 0.717) is 31.0 Å². The number of anilines is 1. The number of carbonyl (C=O) groups excluding carboxylic acids is 5. The number of nitrogens with one attached hydrogen (secondary N) is 2. The van der Waals surface area contributed by atoms with Crippen LogP contribution in [0.5, 0.6) is 0 Å². The summed E-state index contributed by atoms with van der Waals surface area (Å²) < 4.78 is 0. The van der Waals surface area contributed by atoms with Crippen molar-refractivity contribution in [2.45, 2.75) is 25.8 Å². The standard InChI is InChI=1S/C30H30N4O5S2/c35-26(14-18-33-28(37)11-12-29(33)38)32-17-20-41-40-19-15-27(36)31-16-13-30(39)34-21-24-7-2-1-5-22(24)9-10-23-6-3-4-8-25(23)34/h1-8,11-12H,13-21H2,(H,31,36)(H,32,35). The van der Waals surface area contributed by atoms with Crippen molar-refractivity contribution in [3.63, 3.8) is 0 Å². The van der Waals surface area contributed by atoms with Gasteiger partial charge in [-0.25, -0.2) is 0 Å². The van der Waals surface area contributed by atoms with E-state index in [-0.39, 0.29) is 43.7 Å². The molecule has 212 valence electrons. The number of hydrogen-bond acceptors (Lipinski definition) is 7. The van der Waals surface area contributed by atoms with Crippen LogP contribution in [0.2, 0.25) is 0 Å². The zero-order valence-corrected chi connectivity index (χ0v) is 24.0. The predicted octanol–water partition coefficient (Wildman–Crippen LogP) is 2.64. The molecule has 0 radical (unpaired) electrons. The first-order valence-electron chi connectivity index (χ1n) is 13.2. The SMILES string of the molecule is O=C(CCSSCCNC(=O)CCN1C(=O)C=CC1=O)NCCC(=O)N1Cc2ccccc2C#Cc2ccccc21. The molecule has 0 spiro atoms. The predicted molar refractivity (Wildman–Crippen MR) is 161 cm³/mol. The summed E-state index contributed by atoms with van der Waals surface area (Å²) in [4.78, 5) is 63.2. The molecule has 2 aromatic carbocycles. The van der Waals surface area contributed by atoms with Crippen molar-refractivity contribution in [2.24, 2.45) is 0 Å². The van der Waals surface area contributed by atoms with Gasteiger partial charge in [0.05, 0.1) is 12.2 Å². The number of para-hydroxylation sites is 1. The summed E-state index contributed by atoms with van der Waals surface area (Å²) in [5.74, 6) is 6.41. The molecule has 41 heavy (non-hydrogen) atoms. The molecule has 4 rings (SSSR count). The molecule has 5 amide bonds. The molecule has 0 saturated heterocycles. The average Bonchev–Trinajstić information content (AvgIpc) is 3.29. The molecule has 2 heterocycles. The lowest BCUT2D eigenvalue weighted by Gasteiger charge is -2.26. The van der Waals surface area contributed by atoms with E-state index in [1.54, 1.807) is 15.7 Å². The Kier molecular flexibility index (Phi) is 11.0. The zero-order valence-electron chi connectivity index (χ0n) is 22.4. The van der Waals surface area contributed by atoms with Crippen LogP contribution in [0.4, 0.5) is 5.69 Å². The topological polar surface area (TPSA) is 116 Å². The van der Waals surface area contributed by atoms with Gasteiger partial charge in [-0.15, -0.1) is 0 Å². The first-order chi connectivity index (χ1) is 19.9. The van der Waals surface area contributed by atoms with Crippen molar-refractivity contribution in [1.29, 1.82) is 0 Å². The minimum atomic E-state index is -0.398. The Bertz CT molecular complexity index is 1400. The van der Waals surface area contributed by atoms with Gasteiger partial charge in [0.15, 0.2) is 0 Å². The van der Waals surface area contributed by atoms with E-state index in [2.05, 4.69) is 22.5 Å². The smallest absolute Gasteiger partial charge is 0.253 e. The van der Waals surface area contributed by atoms with Crippen molar-refractivity contribution in [3.05, 3.63) is 77.4 Å². The van der Waals surface area contributed by atoms with E-state index in [9.17, 15) is 24.0 Å². The van der Waals surface area contributed by atoms with Crippen molar-refractivity contribution in [2.75, 3.05) is 36.0 Å². The van der Waals surface area contributed by atoms with E-state index < -0.39 is 11.8 Å². The third-order valence-electron chi connectivity index (χ3n) is 6.30. The first-order valence-corrected chi connectivity index (χ1v) is 15.7. The second-order valence-electron chi connectivity index (χ2n) is 9.16. The summed E-state index contributed by atoms with van der Waals surface area (Å²) in [6.45, 7) is 1.17. The highest BCUT2D eigenvalue weighted by Crippen LogP contribution is 2.26. The lowest BCUT2D eigenvalue weighted by atomic mass is 10.0. The number of hydrogen-bond donors (Lipinski definition) is 2. The molecule has 0 unspecified atom stereocenters. The Balaban J connectivity index is 1.10. The van der Waals surface area contributed by atoms with E-state index >= 15 is 0 Å². The minimum absolute atomic E-state index is 0.0608. The molecule has 0 saturated carbocycles. The van der Waals surface area contributed by atoms with Gasteiger partial charge in [-0.1, -0.05) is 63.8 Å². The Morgan fingerprint density at radius 3 is 2.20 bits per heavy atom. The molecule has 0 fully saturated rings. The van der Waals surface area contributed by atoms with Crippen molar-refractivity contribution < 1.29 is 24.0 Å². The molecule has 9 nitrogen and oxygen atoms in total. The zero-order chi connectivity index (χ0) is 29.0. The molecule has 11 heteroatoms. The number of imide groups is 1. The number of amides is 5. The van der Waals surface area contributed by atoms with Gasteiger partial charge in [-0.05, 0) is 23.8 Å². The molecule has 2 N–H and O–H groups in total. The Morgan fingerprint density at radius 1 is 0.756 bits per heavy atom. The van der Waals surface area contributed by atoms with Crippen LogP contribution in [0.25, 0.3) is 0 Å². The Labute approximate surface area is 246 Å². The summed E-state index contributed by atoms with van der Waals surface area (Å²) in [6, 6.07) is 15.4. The van der Waals surface area contributed by atoms with Gasteiger partial charge in [0.1, 0.15) is 0 Å². The molecule has 0 bridgehead atoms. The molecule has 0 aliphatic carbocycles. The van der Waals surface area contributed by atoms with Crippen LogP contribution < -0.4 is 15.5 Å². The maximum Gasteiger partial charge on any atom is 0.253 e. The fraction of sp³-hybridized carbons (Fsp3) is 0.300. The maximum atomic E-state index is 13.2. The fourth-order valence-corrected chi connectivity index (χ4v) is 6.07. The van der Waals surface area contributed by atoms with E-state index in [4.69, 9.17) is 0 Å². The number of rotatable bonds is 13. The number of nitrogens with zero attached hydrogens (tertiary/aromatic N) is 2. The van der Waals surface area contributed by atoms with Crippen LogP contribution in [-0.2, 0) is 30.5 Å². The molecule has 2 aliphatic rings. The average molecular weight is 591 g/mol. The van der Waals surface area contributed by atoms with Gasteiger partial charge in [-0.3, -0.25) is 28.9 Å². The lowest BCUT2D eigenvalue weighted by Crippen LogP contribution is -2.35. The second-order valence-corrected chi connectivity index (χ2v) is 11.9. The largest absolute Gasteiger partial charge is 0.356 e. The fourth-order valence-electron chi connectivity index (χ4n) is 4.18. The molecule has 0 aromatic heterocycles. The quantitative estimate of drug-likeness (QED) is 0.160. The van der Waals surface area contributed by atoms with Crippen molar-refractivity contribution in [1.82, 2.24) is 15.5 Å². The summed E-state index contributed by atoms with van der Waals surface area (Å²) in [7, 11) is 3.07. The molecule has 2 aliphatic heterocycles. The van der Waals surface area contributed by atoms with Crippen LogP contribution in [0, 0.1) is 11.8 Å². The minimum Gasteiger partial charge on any atom is -0.356 e. The van der Waals surface area contributed by atoms with Gasteiger partial charge in [0.25, 0.3) is 11.8 Å². The van der Waals surface area contributed by atoms with Gasteiger partial charge < -0.3 is 15.5 Å². The van der Waals surface area contributed by atoms with Gasteiger partial charge in [0.2, 0.25) is 17.7 Å². The third kappa shape index (κ3) is 8.74. The highest BCUT2D eigenvalue weighted by atomic mass is 33.1. The summed E-state index contributed by atoms with van der Waals surface area (Å²) in [5.41, 5.74) is 3.44. The summed E-state index contributed by atoms with van der Waals surface area (Å²) >= 11 is 0. The Hall–Kier alpha value is -4.01. The van der Waals surface area contributed by atoms with E-state index in [1.165, 1.54) is 22.9 Å².